The maximum absolute atomic E-state index is 12.9. The zero-order valence-electron chi connectivity index (χ0n) is 22.3. The first-order valence-electron chi connectivity index (χ1n) is 13.9. The summed E-state index contributed by atoms with van der Waals surface area (Å²) in [7, 11) is -3.51. The number of amides is 1. The quantitative estimate of drug-likeness (QED) is 0.411. The molecule has 0 aliphatic carbocycles. The van der Waals surface area contributed by atoms with Crippen molar-refractivity contribution in [3.63, 3.8) is 0 Å². The number of anilines is 1. The number of para-hydroxylation sites is 1. The predicted molar refractivity (Wildman–Crippen MR) is 149 cm³/mol. The molecule has 2 heterocycles. The van der Waals surface area contributed by atoms with Crippen molar-refractivity contribution in [1.82, 2.24) is 9.21 Å². The first kappa shape index (κ1) is 28.5. The van der Waals surface area contributed by atoms with Gasteiger partial charge in [-0.2, -0.15) is 4.31 Å². The molecule has 208 valence electrons. The molecule has 0 unspecified atom stereocenters. The van der Waals surface area contributed by atoms with Crippen LogP contribution in [0.25, 0.3) is 0 Å². The highest BCUT2D eigenvalue weighted by atomic mass is 32.2. The van der Waals surface area contributed by atoms with Crippen LogP contribution in [-0.4, -0.2) is 73.1 Å². The van der Waals surface area contributed by atoms with Crippen molar-refractivity contribution in [2.24, 2.45) is 0 Å². The Morgan fingerprint density at radius 1 is 1.03 bits per heavy atom. The van der Waals surface area contributed by atoms with Gasteiger partial charge in [-0.25, -0.2) is 8.42 Å². The summed E-state index contributed by atoms with van der Waals surface area (Å²) < 4.78 is 33.5. The van der Waals surface area contributed by atoms with Crippen molar-refractivity contribution in [3.8, 4) is 5.75 Å². The number of ether oxygens (including phenoxy) is 1. The van der Waals surface area contributed by atoms with Gasteiger partial charge in [-0.05, 0) is 62.1 Å². The number of piperidine rings is 2. The van der Waals surface area contributed by atoms with Crippen molar-refractivity contribution in [2.75, 3.05) is 38.0 Å². The number of carbonyl (C=O) groups is 1. The number of hydrogen-bond donors (Lipinski definition) is 2. The Labute approximate surface area is 227 Å². The standard InChI is InChI=1S/C29H41N3O5S/c1-2-3-8-17-29(34)18-21-31(22-27(29)37-25-11-6-4-7-12-25)23-28(33)30-24-13-15-26(16-14-24)38(35,36)32-19-9-5-10-20-32/h4,6-7,11-16,27,34H,2-3,5,8-10,17-23H2,1H3,(H,30,33)/t27-,29-/m0/s1. The van der Waals surface area contributed by atoms with Gasteiger partial charge in [0.1, 0.15) is 17.5 Å². The highest BCUT2D eigenvalue weighted by molar-refractivity contribution is 7.89. The molecular formula is C29H41N3O5S. The molecule has 2 atom stereocenters. The summed E-state index contributed by atoms with van der Waals surface area (Å²) in [6.07, 6.45) is 6.67. The molecule has 2 N–H and O–H groups in total. The first-order valence-corrected chi connectivity index (χ1v) is 15.3. The molecule has 2 saturated heterocycles. The van der Waals surface area contributed by atoms with Gasteiger partial charge in [-0.3, -0.25) is 9.69 Å². The van der Waals surface area contributed by atoms with Crippen LogP contribution >= 0.6 is 0 Å². The number of rotatable bonds is 11. The van der Waals surface area contributed by atoms with Crippen LogP contribution in [0.5, 0.6) is 5.75 Å². The fourth-order valence-corrected chi connectivity index (χ4v) is 6.81. The molecule has 9 heteroatoms. The number of hydrogen-bond acceptors (Lipinski definition) is 6. The Kier molecular flexibility index (Phi) is 9.81. The summed E-state index contributed by atoms with van der Waals surface area (Å²) in [5, 5.41) is 14.4. The van der Waals surface area contributed by atoms with E-state index in [0.29, 0.717) is 50.5 Å². The van der Waals surface area contributed by atoms with E-state index in [0.717, 1.165) is 38.5 Å². The lowest BCUT2D eigenvalue weighted by atomic mass is 9.83. The number of nitrogens with one attached hydrogen (secondary N) is 1. The minimum atomic E-state index is -3.51. The molecule has 2 aromatic carbocycles. The SMILES string of the molecule is CCCCC[C@]1(O)CCN(CC(=O)Nc2ccc(S(=O)(=O)N3CCCCC3)cc2)C[C@@H]1Oc1ccccc1. The second kappa shape index (κ2) is 13.1. The molecule has 1 amide bonds. The van der Waals surface area contributed by atoms with Crippen molar-refractivity contribution < 1.29 is 23.1 Å². The molecule has 8 nitrogen and oxygen atoms in total. The Bertz CT molecular complexity index is 1140. The lowest BCUT2D eigenvalue weighted by molar-refractivity contribution is -0.127. The second-order valence-electron chi connectivity index (χ2n) is 10.5. The predicted octanol–water partition coefficient (Wildman–Crippen LogP) is 4.26. The maximum atomic E-state index is 12.9. The average molecular weight is 544 g/mol. The molecule has 2 fully saturated rings. The molecule has 2 aliphatic rings. The van der Waals surface area contributed by atoms with E-state index in [-0.39, 0.29) is 17.3 Å². The van der Waals surface area contributed by atoms with Gasteiger partial charge in [0.15, 0.2) is 0 Å². The second-order valence-corrected chi connectivity index (χ2v) is 12.4. The van der Waals surface area contributed by atoms with Crippen molar-refractivity contribution >= 4 is 21.6 Å². The third-order valence-electron chi connectivity index (χ3n) is 7.58. The summed E-state index contributed by atoms with van der Waals surface area (Å²) in [5.41, 5.74) is -0.383. The molecule has 4 rings (SSSR count). The summed E-state index contributed by atoms with van der Waals surface area (Å²) >= 11 is 0. The Balaban J connectivity index is 1.35. The highest BCUT2D eigenvalue weighted by Gasteiger charge is 2.43. The monoisotopic (exact) mass is 543 g/mol. The van der Waals surface area contributed by atoms with E-state index in [2.05, 4.69) is 12.2 Å². The molecule has 2 aliphatic heterocycles. The highest BCUT2D eigenvalue weighted by Crippen LogP contribution is 2.31. The zero-order valence-corrected chi connectivity index (χ0v) is 23.2. The van der Waals surface area contributed by atoms with Crippen molar-refractivity contribution in [1.29, 1.82) is 0 Å². The van der Waals surface area contributed by atoms with Crippen LogP contribution in [0.4, 0.5) is 5.69 Å². The van der Waals surface area contributed by atoms with Crippen LogP contribution in [0.15, 0.2) is 59.5 Å². The van der Waals surface area contributed by atoms with Crippen molar-refractivity contribution in [2.45, 2.75) is 74.9 Å². The number of carbonyl (C=O) groups excluding carboxylic acids is 1. The van der Waals surface area contributed by atoms with Gasteiger partial charge in [-0.1, -0.05) is 50.8 Å². The van der Waals surface area contributed by atoms with E-state index in [9.17, 15) is 18.3 Å². The van der Waals surface area contributed by atoms with Gasteiger partial charge >= 0.3 is 0 Å². The van der Waals surface area contributed by atoms with Gasteiger partial charge in [-0.15, -0.1) is 0 Å². The molecule has 0 spiro atoms. The summed E-state index contributed by atoms with van der Waals surface area (Å²) in [4.78, 5) is 15.1. The molecular weight excluding hydrogens is 502 g/mol. The first-order chi connectivity index (χ1) is 18.3. The third kappa shape index (κ3) is 7.34. The van der Waals surface area contributed by atoms with E-state index in [1.165, 1.54) is 4.31 Å². The largest absolute Gasteiger partial charge is 0.486 e. The summed E-state index contributed by atoms with van der Waals surface area (Å²) in [5.74, 6) is 0.517. The molecule has 0 bridgehead atoms. The van der Waals surface area contributed by atoms with Gasteiger partial charge in [0.2, 0.25) is 15.9 Å². The van der Waals surface area contributed by atoms with Crippen LogP contribution in [0.3, 0.4) is 0 Å². The minimum Gasteiger partial charge on any atom is -0.486 e. The molecule has 38 heavy (non-hydrogen) atoms. The number of benzene rings is 2. The number of unbranched alkanes of at least 4 members (excludes halogenated alkanes) is 2. The van der Waals surface area contributed by atoms with Gasteiger partial charge < -0.3 is 15.2 Å². The van der Waals surface area contributed by atoms with Crippen LogP contribution in [0.1, 0.15) is 58.3 Å². The number of sulfonamides is 1. The van der Waals surface area contributed by atoms with Crippen LogP contribution in [-0.2, 0) is 14.8 Å². The van der Waals surface area contributed by atoms with Gasteiger partial charge in [0.25, 0.3) is 0 Å². The van der Waals surface area contributed by atoms with E-state index in [4.69, 9.17) is 4.74 Å². The van der Waals surface area contributed by atoms with Crippen LogP contribution < -0.4 is 10.1 Å². The minimum absolute atomic E-state index is 0.160. The average Bonchev–Trinajstić information content (AvgIpc) is 2.92. The van der Waals surface area contributed by atoms with Crippen LogP contribution in [0, 0.1) is 0 Å². The van der Waals surface area contributed by atoms with E-state index in [1.54, 1.807) is 24.3 Å². The topological polar surface area (TPSA) is 99.2 Å². The number of likely N-dealkylation sites (tertiary alicyclic amines) is 1. The molecule has 0 aromatic heterocycles. The lowest BCUT2D eigenvalue weighted by Gasteiger charge is -2.44. The van der Waals surface area contributed by atoms with Gasteiger partial charge in [0, 0.05) is 31.9 Å². The van der Waals surface area contributed by atoms with E-state index >= 15 is 0 Å². The normalized spacial score (nSPS) is 23.2. The lowest BCUT2D eigenvalue weighted by Crippen LogP contribution is -2.58. The van der Waals surface area contributed by atoms with E-state index in [1.807, 2.05) is 35.2 Å². The molecule has 2 aromatic rings. The number of aliphatic hydroxyl groups is 1. The van der Waals surface area contributed by atoms with Gasteiger partial charge in [0.05, 0.1) is 11.4 Å². The van der Waals surface area contributed by atoms with Crippen LogP contribution in [0.2, 0.25) is 0 Å². The van der Waals surface area contributed by atoms with Crippen molar-refractivity contribution in [3.05, 3.63) is 54.6 Å². The van der Waals surface area contributed by atoms with E-state index < -0.39 is 21.7 Å². The smallest absolute Gasteiger partial charge is 0.243 e. The third-order valence-corrected chi connectivity index (χ3v) is 9.49. The Hall–Kier alpha value is -2.46. The zero-order chi connectivity index (χ0) is 27.0. The molecule has 0 saturated carbocycles. The number of nitrogens with zero attached hydrogens (tertiary/aromatic N) is 2. The summed E-state index contributed by atoms with van der Waals surface area (Å²) in [6, 6.07) is 15.9. The Morgan fingerprint density at radius 3 is 2.42 bits per heavy atom. The molecule has 0 radical (unpaired) electrons. The Morgan fingerprint density at radius 2 is 1.74 bits per heavy atom. The fourth-order valence-electron chi connectivity index (χ4n) is 5.30. The summed E-state index contributed by atoms with van der Waals surface area (Å²) in [6.45, 7) is 4.45. The fraction of sp³-hybridized carbons (Fsp3) is 0.552. The maximum Gasteiger partial charge on any atom is 0.243 e.